The maximum Gasteiger partial charge on any atom is 0.227 e. The van der Waals surface area contributed by atoms with Gasteiger partial charge < -0.3 is 14.4 Å². The normalized spacial score (nSPS) is 22.6. The molecule has 0 spiro atoms. The van der Waals surface area contributed by atoms with Crippen LogP contribution >= 0.6 is 11.6 Å². The second-order valence-corrected chi connectivity index (χ2v) is 5.34. The van der Waals surface area contributed by atoms with Gasteiger partial charge in [0.2, 0.25) is 5.91 Å². The molecule has 0 aromatic heterocycles. The number of halogens is 1. The van der Waals surface area contributed by atoms with Crippen LogP contribution < -0.4 is 4.74 Å². The molecule has 4 nitrogen and oxygen atoms in total. The minimum atomic E-state index is -0.0675. The van der Waals surface area contributed by atoms with Gasteiger partial charge >= 0.3 is 0 Å². The molecule has 0 radical (unpaired) electrons. The van der Waals surface area contributed by atoms with Crippen LogP contribution in [-0.2, 0) is 16.0 Å². The van der Waals surface area contributed by atoms with Crippen molar-refractivity contribution in [1.82, 2.24) is 4.90 Å². The Hall–Kier alpha value is -1.26. The third-order valence-corrected chi connectivity index (χ3v) is 3.83. The first-order valence-corrected chi connectivity index (χ1v) is 7.27. The predicted molar refractivity (Wildman–Crippen MR) is 78.3 cm³/mol. The average Bonchev–Trinajstić information content (AvgIpc) is 2.47. The molecule has 1 aromatic rings. The van der Waals surface area contributed by atoms with Gasteiger partial charge in [-0.25, -0.2) is 0 Å². The molecule has 110 valence electrons. The molecule has 5 heteroatoms. The van der Waals surface area contributed by atoms with Crippen molar-refractivity contribution < 1.29 is 14.3 Å². The first-order chi connectivity index (χ1) is 9.63. The van der Waals surface area contributed by atoms with Crippen molar-refractivity contribution in [2.24, 2.45) is 0 Å². The molecule has 0 N–H and O–H groups in total. The topological polar surface area (TPSA) is 38.8 Å². The molecule has 1 saturated heterocycles. The lowest BCUT2D eigenvalue weighted by Crippen LogP contribution is -2.52. The van der Waals surface area contributed by atoms with E-state index in [1.807, 2.05) is 36.1 Å². The Morgan fingerprint density at radius 1 is 1.55 bits per heavy atom. The van der Waals surface area contributed by atoms with E-state index in [2.05, 4.69) is 0 Å². The van der Waals surface area contributed by atoms with Crippen molar-refractivity contribution in [3.63, 3.8) is 0 Å². The van der Waals surface area contributed by atoms with Crippen LogP contribution in [0.25, 0.3) is 0 Å². The standard InChI is InChI=1S/C15H20ClNO3/c1-11-10-20-14(8-16)9-17(11)15(18)7-12-4-3-5-13(6-12)19-2/h3-6,11,14H,7-10H2,1-2H3. The number of benzene rings is 1. The number of hydrogen-bond donors (Lipinski definition) is 0. The van der Waals surface area contributed by atoms with Gasteiger partial charge in [-0.05, 0) is 24.6 Å². The van der Waals surface area contributed by atoms with Crippen LogP contribution in [0.5, 0.6) is 5.75 Å². The van der Waals surface area contributed by atoms with Gasteiger partial charge in [-0.2, -0.15) is 0 Å². The van der Waals surface area contributed by atoms with Crippen LogP contribution in [-0.4, -0.2) is 49.1 Å². The zero-order chi connectivity index (χ0) is 14.5. The Bertz CT molecular complexity index is 466. The van der Waals surface area contributed by atoms with Crippen LogP contribution in [0.4, 0.5) is 0 Å². The van der Waals surface area contributed by atoms with Crippen molar-refractivity contribution in [3.8, 4) is 5.75 Å². The zero-order valence-electron chi connectivity index (χ0n) is 11.8. The van der Waals surface area contributed by atoms with E-state index in [1.165, 1.54) is 0 Å². The molecule has 0 aliphatic carbocycles. The van der Waals surface area contributed by atoms with Gasteiger partial charge in [-0.1, -0.05) is 12.1 Å². The SMILES string of the molecule is COc1cccc(CC(=O)N2CC(CCl)OCC2C)c1. The van der Waals surface area contributed by atoms with Crippen molar-refractivity contribution in [2.45, 2.75) is 25.5 Å². The molecule has 1 aliphatic heterocycles. The molecule has 1 heterocycles. The predicted octanol–water partition coefficient (Wildman–Crippen LogP) is 2.09. The summed E-state index contributed by atoms with van der Waals surface area (Å²) in [4.78, 5) is 14.3. The molecule has 1 fully saturated rings. The first kappa shape index (κ1) is 15.1. The highest BCUT2D eigenvalue weighted by Gasteiger charge is 2.29. The molecule has 0 saturated carbocycles. The van der Waals surface area contributed by atoms with Crippen molar-refractivity contribution >= 4 is 17.5 Å². The lowest BCUT2D eigenvalue weighted by Gasteiger charge is -2.37. The largest absolute Gasteiger partial charge is 0.497 e. The number of nitrogens with zero attached hydrogens (tertiary/aromatic N) is 1. The summed E-state index contributed by atoms with van der Waals surface area (Å²) in [6, 6.07) is 7.68. The van der Waals surface area contributed by atoms with Gasteiger partial charge in [0.05, 0.1) is 38.2 Å². The maximum atomic E-state index is 12.4. The van der Waals surface area contributed by atoms with Gasteiger partial charge in [0, 0.05) is 6.54 Å². The number of morpholine rings is 1. The molecule has 1 amide bonds. The summed E-state index contributed by atoms with van der Waals surface area (Å²) in [6.07, 6.45) is 0.304. The third kappa shape index (κ3) is 3.64. The van der Waals surface area contributed by atoms with E-state index in [-0.39, 0.29) is 18.1 Å². The maximum absolute atomic E-state index is 12.4. The fourth-order valence-corrected chi connectivity index (χ4v) is 2.50. The summed E-state index contributed by atoms with van der Waals surface area (Å²) >= 11 is 5.82. The highest BCUT2D eigenvalue weighted by molar-refractivity contribution is 6.18. The fourth-order valence-electron chi connectivity index (χ4n) is 2.32. The lowest BCUT2D eigenvalue weighted by molar-refractivity contribution is -0.142. The molecule has 2 atom stereocenters. The molecule has 2 unspecified atom stereocenters. The van der Waals surface area contributed by atoms with Crippen molar-refractivity contribution in [1.29, 1.82) is 0 Å². The summed E-state index contributed by atoms with van der Waals surface area (Å²) in [7, 11) is 1.62. The number of amides is 1. The smallest absolute Gasteiger partial charge is 0.227 e. The number of alkyl halides is 1. The Labute approximate surface area is 124 Å². The Morgan fingerprint density at radius 3 is 3.05 bits per heavy atom. The average molecular weight is 298 g/mol. The first-order valence-electron chi connectivity index (χ1n) is 6.74. The van der Waals surface area contributed by atoms with Crippen LogP contribution in [0.1, 0.15) is 12.5 Å². The number of hydrogen-bond acceptors (Lipinski definition) is 3. The van der Waals surface area contributed by atoms with E-state index < -0.39 is 0 Å². The minimum absolute atomic E-state index is 0.0675. The molecular formula is C15H20ClNO3. The fraction of sp³-hybridized carbons (Fsp3) is 0.533. The van der Waals surface area contributed by atoms with Crippen LogP contribution in [0.15, 0.2) is 24.3 Å². The summed E-state index contributed by atoms with van der Waals surface area (Å²) in [5.74, 6) is 1.28. The number of carbonyl (C=O) groups excluding carboxylic acids is 1. The Kier molecular flexibility index (Phi) is 5.26. The summed E-state index contributed by atoms with van der Waals surface area (Å²) in [5.41, 5.74) is 0.954. The van der Waals surface area contributed by atoms with Gasteiger partial charge in [0.25, 0.3) is 0 Å². The second kappa shape index (κ2) is 6.95. The van der Waals surface area contributed by atoms with E-state index in [9.17, 15) is 4.79 Å². The van der Waals surface area contributed by atoms with E-state index in [4.69, 9.17) is 21.1 Å². The highest BCUT2D eigenvalue weighted by atomic mass is 35.5. The van der Waals surface area contributed by atoms with Crippen LogP contribution in [0.3, 0.4) is 0 Å². The monoisotopic (exact) mass is 297 g/mol. The molecule has 2 rings (SSSR count). The Morgan fingerprint density at radius 2 is 2.35 bits per heavy atom. The van der Waals surface area contributed by atoms with Crippen LogP contribution in [0.2, 0.25) is 0 Å². The highest BCUT2D eigenvalue weighted by Crippen LogP contribution is 2.17. The van der Waals surface area contributed by atoms with Crippen molar-refractivity contribution in [2.75, 3.05) is 26.1 Å². The molecule has 0 bridgehead atoms. The van der Waals surface area contributed by atoms with Crippen LogP contribution in [0, 0.1) is 0 Å². The summed E-state index contributed by atoms with van der Waals surface area (Å²) < 4.78 is 10.7. The van der Waals surface area contributed by atoms with E-state index in [0.29, 0.717) is 25.5 Å². The minimum Gasteiger partial charge on any atom is -0.497 e. The number of carbonyl (C=O) groups is 1. The summed E-state index contributed by atoms with van der Waals surface area (Å²) in [6.45, 7) is 3.10. The van der Waals surface area contributed by atoms with Crippen molar-refractivity contribution in [3.05, 3.63) is 29.8 Å². The van der Waals surface area contributed by atoms with Gasteiger partial charge in [-0.3, -0.25) is 4.79 Å². The molecular weight excluding hydrogens is 278 g/mol. The zero-order valence-corrected chi connectivity index (χ0v) is 12.6. The quantitative estimate of drug-likeness (QED) is 0.799. The van der Waals surface area contributed by atoms with Gasteiger partial charge in [-0.15, -0.1) is 11.6 Å². The molecule has 20 heavy (non-hydrogen) atoms. The van der Waals surface area contributed by atoms with Gasteiger partial charge in [0.15, 0.2) is 0 Å². The molecule has 1 aromatic carbocycles. The molecule has 1 aliphatic rings. The summed E-state index contributed by atoms with van der Waals surface area (Å²) in [5, 5.41) is 0. The number of ether oxygens (including phenoxy) is 2. The number of rotatable bonds is 4. The second-order valence-electron chi connectivity index (χ2n) is 5.03. The third-order valence-electron chi connectivity index (χ3n) is 3.49. The lowest BCUT2D eigenvalue weighted by atomic mass is 10.1. The van der Waals surface area contributed by atoms with E-state index >= 15 is 0 Å². The Balaban J connectivity index is 2.02. The van der Waals surface area contributed by atoms with Gasteiger partial charge in [0.1, 0.15) is 5.75 Å². The van der Waals surface area contributed by atoms with E-state index in [1.54, 1.807) is 7.11 Å². The number of methoxy groups -OCH3 is 1. The van der Waals surface area contributed by atoms with E-state index in [0.717, 1.165) is 11.3 Å².